The molecule has 30 heavy (non-hydrogen) atoms. The summed E-state index contributed by atoms with van der Waals surface area (Å²) in [5, 5.41) is 6.12. The molecule has 0 spiro atoms. The Kier molecular flexibility index (Phi) is 6.51. The summed E-state index contributed by atoms with van der Waals surface area (Å²) in [6.45, 7) is 7.77. The van der Waals surface area contributed by atoms with Gasteiger partial charge >= 0.3 is 0 Å². The minimum absolute atomic E-state index is 0.0888. The van der Waals surface area contributed by atoms with Crippen molar-refractivity contribution in [2.24, 2.45) is 0 Å². The zero-order valence-electron chi connectivity index (χ0n) is 17.2. The maximum atomic E-state index is 12.5. The maximum Gasteiger partial charge on any atom is 0.251 e. The van der Waals surface area contributed by atoms with Gasteiger partial charge in [-0.1, -0.05) is 60.6 Å². The minimum Gasteiger partial charge on any atom is -0.352 e. The number of nitrogens with one attached hydrogen (secondary N) is 1. The molecule has 0 fully saturated rings. The van der Waals surface area contributed by atoms with E-state index in [1.807, 2.05) is 36.4 Å². The van der Waals surface area contributed by atoms with Gasteiger partial charge in [-0.2, -0.15) is 0 Å². The molecule has 0 bridgehead atoms. The number of halogens is 1. The Balaban J connectivity index is 1.20. The highest BCUT2D eigenvalue weighted by Crippen LogP contribution is 2.23. The molecule has 3 aromatic carbocycles. The van der Waals surface area contributed by atoms with Gasteiger partial charge in [0.2, 0.25) is 0 Å². The lowest BCUT2D eigenvalue weighted by Crippen LogP contribution is -2.32. The van der Waals surface area contributed by atoms with Crippen LogP contribution in [0.5, 0.6) is 0 Å². The number of hydrogen-bond donors (Lipinski definition) is 1. The Labute approximate surface area is 183 Å². The summed E-state index contributed by atoms with van der Waals surface area (Å²) in [7, 11) is 0. The van der Waals surface area contributed by atoms with E-state index >= 15 is 0 Å². The first-order chi connectivity index (χ1) is 14.6. The van der Waals surface area contributed by atoms with Gasteiger partial charge in [-0.15, -0.1) is 0 Å². The number of carbonyl (C=O) groups excluding carboxylic acids is 1. The Morgan fingerprint density at radius 1 is 1.00 bits per heavy atom. The van der Waals surface area contributed by atoms with Crippen molar-refractivity contribution in [2.45, 2.75) is 25.8 Å². The average molecular weight is 419 g/mol. The van der Waals surface area contributed by atoms with E-state index in [0.717, 1.165) is 60.3 Å². The molecule has 0 aromatic heterocycles. The predicted octanol–water partition coefficient (Wildman–Crippen LogP) is 5.46. The molecule has 0 aliphatic carbocycles. The van der Waals surface area contributed by atoms with Crippen molar-refractivity contribution < 1.29 is 4.79 Å². The highest BCUT2D eigenvalue weighted by Gasteiger charge is 2.16. The van der Waals surface area contributed by atoms with E-state index in [-0.39, 0.29) is 5.91 Å². The van der Waals surface area contributed by atoms with E-state index in [2.05, 4.69) is 41.1 Å². The van der Waals surface area contributed by atoms with Crippen LogP contribution in [0.2, 0.25) is 5.02 Å². The molecule has 0 atom stereocenters. The lowest BCUT2D eigenvalue weighted by atomic mass is 10.00. The summed E-state index contributed by atoms with van der Waals surface area (Å²) < 4.78 is 0. The molecule has 1 aliphatic heterocycles. The fourth-order valence-corrected chi connectivity index (χ4v) is 4.24. The van der Waals surface area contributed by atoms with Crippen LogP contribution in [0, 0.1) is 0 Å². The lowest BCUT2D eigenvalue weighted by molar-refractivity contribution is -0.115. The van der Waals surface area contributed by atoms with Crippen LogP contribution in [0.4, 0.5) is 0 Å². The molecule has 1 heterocycles. The van der Waals surface area contributed by atoms with Crippen molar-refractivity contribution >= 4 is 33.9 Å². The summed E-state index contributed by atoms with van der Waals surface area (Å²) in [6, 6.07) is 20.4. The number of carbonyl (C=O) groups is 1. The van der Waals surface area contributed by atoms with Crippen LogP contribution in [0.1, 0.15) is 29.5 Å². The number of fused-ring (bicyclic) bond motifs is 2. The zero-order valence-corrected chi connectivity index (χ0v) is 17.9. The van der Waals surface area contributed by atoms with Gasteiger partial charge in [-0.05, 0) is 71.5 Å². The first kappa shape index (κ1) is 20.6. The van der Waals surface area contributed by atoms with E-state index < -0.39 is 0 Å². The van der Waals surface area contributed by atoms with Crippen molar-refractivity contribution in [3.63, 3.8) is 0 Å². The molecule has 1 N–H and O–H groups in total. The Morgan fingerprint density at radius 3 is 2.70 bits per heavy atom. The van der Waals surface area contributed by atoms with Gasteiger partial charge in [0.1, 0.15) is 0 Å². The largest absolute Gasteiger partial charge is 0.352 e. The first-order valence-electron chi connectivity index (χ1n) is 10.6. The molecule has 1 amide bonds. The monoisotopic (exact) mass is 418 g/mol. The summed E-state index contributed by atoms with van der Waals surface area (Å²) in [6.07, 6.45) is 3.07. The Bertz CT molecular complexity index is 1080. The van der Waals surface area contributed by atoms with Crippen LogP contribution in [0.25, 0.3) is 16.3 Å². The number of nitrogens with zero attached hydrogens (tertiary/aromatic N) is 1. The van der Waals surface area contributed by atoms with Crippen molar-refractivity contribution in [3.8, 4) is 0 Å². The minimum atomic E-state index is -0.0888. The molecule has 0 radical (unpaired) electrons. The van der Waals surface area contributed by atoms with E-state index in [9.17, 15) is 4.79 Å². The molecular weight excluding hydrogens is 392 g/mol. The second kappa shape index (κ2) is 9.46. The fourth-order valence-electron chi connectivity index (χ4n) is 4.05. The second-order valence-electron chi connectivity index (χ2n) is 7.94. The zero-order chi connectivity index (χ0) is 20.9. The highest BCUT2D eigenvalue weighted by atomic mass is 35.5. The SMILES string of the molecule is C=C(C(=O)NCCCCN1CCc2cc(Cl)ccc2C1)c1ccc2ccccc2c1. The molecule has 4 heteroatoms. The molecule has 3 nitrogen and oxygen atoms in total. The maximum absolute atomic E-state index is 12.5. The number of benzene rings is 3. The van der Waals surface area contributed by atoms with Crippen LogP contribution in [0.15, 0.2) is 67.2 Å². The quantitative estimate of drug-likeness (QED) is 0.408. The summed E-state index contributed by atoms with van der Waals surface area (Å²) in [4.78, 5) is 15.0. The van der Waals surface area contributed by atoms with Gasteiger partial charge in [0.05, 0.1) is 0 Å². The molecule has 4 rings (SSSR count). The van der Waals surface area contributed by atoms with Crippen molar-refractivity contribution in [2.75, 3.05) is 19.6 Å². The van der Waals surface area contributed by atoms with E-state index in [1.54, 1.807) is 0 Å². The smallest absolute Gasteiger partial charge is 0.251 e. The van der Waals surface area contributed by atoms with Crippen molar-refractivity contribution in [3.05, 3.63) is 89.0 Å². The van der Waals surface area contributed by atoms with E-state index in [1.165, 1.54) is 11.1 Å². The number of rotatable bonds is 7. The van der Waals surface area contributed by atoms with E-state index in [0.29, 0.717) is 12.1 Å². The van der Waals surface area contributed by atoms with Gasteiger partial charge < -0.3 is 5.32 Å². The average Bonchev–Trinajstić information content (AvgIpc) is 2.77. The third-order valence-corrected chi connectivity index (χ3v) is 6.05. The molecule has 3 aromatic rings. The Morgan fingerprint density at radius 2 is 1.83 bits per heavy atom. The number of amides is 1. The second-order valence-corrected chi connectivity index (χ2v) is 8.38. The van der Waals surface area contributed by atoms with E-state index in [4.69, 9.17) is 11.6 Å². The summed E-state index contributed by atoms with van der Waals surface area (Å²) in [5.41, 5.74) is 4.15. The Hall–Kier alpha value is -2.62. The lowest BCUT2D eigenvalue weighted by Gasteiger charge is -2.28. The summed E-state index contributed by atoms with van der Waals surface area (Å²) >= 11 is 6.09. The molecule has 0 saturated heterocycles. The normalized spacial score (nSPS) is 13.8. The van der Waals surface area contributed by atoms with Gasteiger partial charge in [-0.3, -0.25) is 9.69 Å². The third-order valence-electron chi connectivity index (χ3n) is 5.82. The van der Waals surface area contributed by atoms with Gasteiger partial charge in [-0.25, -0.2) is 0 Å². The fraction of sp³-hybridized carbons (Fsp3) is 0.269. The predicted molar refractivity (Wildman–Crippen MR) is 126 cm³/mol. The molecule has 0 saturated carbocycles. The summed E-state index contributed by atoms with van der Waals surface area (Å²) in [5.74, 6) is -0.0888. The van der Waals surface area contributed by atoms with Crippen LogP contribution in [0.3, 0.4) is 0 Å². The molecule has 1 aliphatic rings. The van der Waals surface area contributed by atoms with Gasteiger partial charge in [0, 0.05) is 30.2 Å². The number of unbranched alkanes of at least 4 members (excludes halogenated alkanes) is 1. The molecule has 154 valence electrons. The van der Waals surface area contributed by atoms with Crippen LogP contribution >= 0.6 is 11.6 Å². The topological polar surface area (TPSA) is 32.3 Å². The standard InChI is InChI=1S/C26H27ClN2O/c1-19(21-9-8-20-6-2-3-7-22(20)16-21)26(30)28-13-4-5-14-29-15-12-23-17-25(27)11-10-24(23)18-29/h2-3,6-11,16-17H,1,4-5,12-15,18H2,(H,28,30). The van der Waals surface area contributed by atoms with Gasteiger partial charge in [0.15, 0.2) is 0 Å². The van der Waals surface area contributed by atoms with Crippen LogP contribution in [-0.2, 0) is 17.8 Å². The molecular formula is C26H27ClN2O. The third kappa shape index (κ3) is 4.92. The van der Waals surface area contributed by atoms with Gasteiger partial charge in [0.25, 0.3) is 5.91 Å². The first-order valence-corrected chi connectivity index (χ1v) is 10.9. The van der Waals surface area contributed by atoms with Crippen LogP contribution < -0.4 is 5.32 Å². The van der Waals surface area contributed by atoms with Crippen molar-refractivity contribution in [1.82, 2.24) is 10.2 Å². The molecule has 0 unspecified atom stereocenters. The number of hydrogen-bond acceptors (Lipinski definition) is 2. The highest BCUT2D eigenvalue weighted by molar-refractivity contribution is 6.30. The van der Waals surface area contributed by atoms with Crippen molar-refractivity contribution in [1.29, 1.82) is 0 Å². The van der Waals surface area contributed by atoms with Crippen LogP contribution in [-0.4, -0.2) is 30.4 Å².